The zero-order valence-electron chi connectivity index (χ0n) is 10.2. The second-order valence-electron chi connectivity index (χ2n) is 3.87. The Morgan fingerprint density at radius 1 is 1.29 bits per heavy atom. The second kappa shape index (κ2) is 8.01. The second-order valence-corrected chi connectivity index (χ2v) is 5.01. The highest BCUT2D eigenvalue weighted by Gasteiger charge is 1.99. The lowest BCUT2D eigenvalue weighted by molar-refractivity contribution is -0.120. The number of nitrogen functional groups attached to an aromatic ring is 1. The van der Waals surface area contributed by atoms with Gasteiger partial charge in [0.05, 0.1) is 0 Å². The van der Waals surface area contributed by atoms with E-state index >= 15 is 0 Å². The maximum absolute atomic E-state index is 11.0. The van der Waals surface area contributed by atoms with Crippen molar-refractivity contribution in [3.63, 3.8) is 0 Å². The molecule has 4 heteroatoms. The van der Waals surface area contributed by atoms with Crippen molar-refractivity contribution in [3.8, 4) is 0 Å². The molecule has 3 nitrogen and oxygen atoms in total. The van der Waals surface area contributed by atoms with Gasteiger partial charge in [0, 0.05) is 24.1 Å². The molecule has 0 atom stereocenters. The number of thioether (sulfide) groups is 1. The van der Waals surface area contributed by atoms with Crippen molar-refractivity contribution in [2.45, 2.75) is 30.6 Å². The summed E-state index contributed by atoms with van der Waals surface area (Å²) in [6.07, 6.45) is 3.81. The zero-order valence-corrected chi connectivity index (χ0v) is 11.1. The molecule has 3 N–H and O–H groups in total. The molecule has 0 heterocycles. The third-order valence-corrected chi connectivity index (χ3v) is 3.68. The summed E-state index contributed by atoms with van der Waals surface area (Å²) in [6, 6.07) is 7.92. The van der Waals surface area contributed by atoms with Gasteiger partial charge in [0.25, 0.3) is 0 Å². The summed E-state index contributed by atoms with van der Waals surface area (Å²) in [7, 11) is 1.68. The summed E-state index contributed by atoms with van der Waals surface area (Å²) in [5.74, 6) is 1.19. The van der Waals surface area contributed by atoms with Gasteiger partial charge in [-0.15, -0.1) is 11.8 Å². The van der Waals surface area contributed by atoms with Crippen LogP contribution in [0.1, 0.15) is 25.7 Å². The number of para-hydroxylation sites is 1. The highest BCUT2D eigenvalue weighted by atomic mass is 32.2. The molecule has 0 aliphatic carbocycles. The van der Waals surface area contributed by atoms with Crippen LogP contribution in [0.5, 0.6) is 0 Å². The van der Waals surface area contributed by atoms with Gasteiger partial charge in [-0.25, -0.2) is 0 Å². The van der Waals surface area contributed by atoms with E-state index in [0.717, 1.165) is 35.6 Å². The van der Waals surface area contributed by atoms with Crippen LogP contribution >= 0.6 is 11.8 Å². The number of amides is 1. The standard InChI is InChI=1S/C13H20N2OS/c1-15-13(16)9-3-2-6-10-17-12-8-5-4-7-11(12)14/h4-5,7-8H,2-3,6,9-10,14H2,1H3,(H,15,16). The normalized spacial score (nSPS) is 10.2. The van der Waals surface area contributed by atoms with Crippen molar-refractivity contribution in [2.24, 2.45) is 0 Å². The molecule has 0 saturated carbocycles. The molecule has 17 heavy (non-hydrogen) atoms. The van der Waals surface area contributed by atoms with Crippen LogP contribution in [0.15, 0.2) is 29.2 Å². The molecule has 1 rings (SSSR count). The smallest absolute Gasteiger partial charge is 0.219 e. The van der Waals surface area contributed by atoms with Crippen LogP contribution < -0.4 is 11.1 Å². The Hall–Kier alpha value is -1.16. The maximum Gasteiger partial charge on any atom is 0.219 e. The summed E-state index contributed by atoms with van der Waals surface area (Å²) in [4.78, 5) is 12.1. The molecule has 0 bridgehead atoms. The number of hydrogen-bond acceptors (Lipinski definition) is 3. The number of benzene rings is 1. The number of carbonyl (C=O) groups is 1. The number of carbonyl (C=O) groups excluding carboxylic acids is 1. The first-order valence-corrected chi connectivity index (χ1v) is 6.90. The molecular weight excluding hydrogens is 232 g/mol. The third kappa shape index (κ3) is 5.63. The van der Waals surface area contributed by atoms with Crippen molar-refractivity contribution in [2.75, 3.05) is 18.5 Å². The van der Waals surface area contributed by atoms with Crippen LogP contribution in [0.25, 0.3) is 0 Å². The lowest BCUT2D eigenvalue weighted by Gasteiger charge is -2.04. The zero-order chi connectivity index (χ0) is 12.5. The van der Waals surface area contributed by atoms with Crippen LogP contribution in [0.4, 0.5) is 5.69 Å². The van der Waals surface area contributed by atoms with Gasteiger partial charge in [0.2, 0.25) is 5.91 Å². The van der Waals surface area contributed by atoms with Gasteiger partial charge in [0.1, 0.15) is 0 Å². The van der Waals surface area contributed by atoms with Gasteiger partial charge in [-0.2, -0.15) is 0 Å². The van der Waals surface area contributed by atoms with E-state index in [2.05, 4.69) is 5.32 Å². The minimum Gasteiger partial charge on any atom is -0.398 e. The fourth-order valence-corrected chi connectivity index (χ4v) is 2.46. The summed E-state index contributed by atoms with van der Waals surface area (Å²) in [6.45, 7) is 0. The summed E-state index contributed by atoms with van der Waals surface area (Å²) in [5, 5.41) is 2.63. The predicted octanol–water partition coefficient (Wildman–Crippen LogP) is 2.67. The van der Waals surface area contributed by atoms with E-state index in [1.165, 1.54) is 0 Å². The van der Waals surface area contributed by atoms with Gasteiger partial charge in [-0.05, 0) is 30.7 Å². The molecule has 0 saturated heterocycles. The lowest BCUT2D eigenvalue weighted by atomic mass is 10.2. The van der Waals surface area contributed by atoms with Crippen molar-refractivity contribution >= 4 is 23.4 Å². The number of hydrogen-bond donors (Lipinski definition) is 2. The first-order chi connectivity index (χ1) is 8.24. The van der Waals surface area contributed by atoms with Crippen LogP contribution in [0.3, 0.4) is 0 Å². The monoisotopic (exact) mass is 252 g/mol. The van der Waals surface area contributed by atoms with E-state index in [0.29, 0.717) is 6.42 Å². The summed E-state index contributed by atoms with van der Waals surface area (Å²) >= 11 is 1.79. The average Bonchev–Trinajstić information content (AvgIpc) is 2.35. The number of anilines is 1. The molecule has 0 spiro atoms. The Bertz CT molecular complexity index is 355. The van der Waals surface area contributed by atoms with E-state index in [9.17, 15) is 4.79 Å². The molecule has 0 unspecified atom stereocenters. The molecule has 0 radical (unpaired) electrons. The van der Waals surface area contributed by atoms with E-state index in [1.807, 2.05) is 24.3 Å². The molecule has 1 amide bonds. The van der Waals surface area contributed by atoms with Crippen LogP contribution in [-0.4, -0.2) is 18.7 Å². The molecule has 1 aromatic rings. The Kier molecular flexibility index (Phi) is 6.55. The quantitative estimate of drug-likeness (QED) is 0.445. The topological polar surface area (TPSA) is 55.1 Å². The van der Waals surface area contributed by atoms with Gasteiger partial charge in [-0.1, -0.05) is 18.6 Å². The van der Waals surface area contributed by atoms with Crippen molar-refractivity contribution in [1.29, 1.82) is 0 Å². The number of unbranched alkanes of at least 4 members (excludes halogenated alkanes) is 2. The summed E-state index contributed by atoms with van der Waals surface area (Å²) < 4.78 is 0. The van der Waals surface area contributed by atoms with Gasteiger partial charge in [0.15, 0.2) is 0 Å². The van der Waals surface area contributed by atoms with Crippen LogP contribution in [-0.2, 0) is 4.79 Å². The highest BCUT2D eigenvalue weighted by molar-refractivity contribution is 7.99. The first-order valence-electron chi connectivity index (χ1n) is 5.92. The minimum absolute atomic E-state index is 0.130. The molecule has 0 fully saturated rings. The Labute approximate surface area is 107 Å². The molecule has 0 aromatic heterocycles. The van der Waals surface area contributed by atoms with Crippen molar-refractivity contribution in [3.05, 3.63) is 24.3 Å². The Morgan fingerprint density at radius 3 is 2.76 bits per heavy atom. The fraction of sp³-hybridized carbons (Fsp3) is 0.462. The number of nitrogens with two attached hydrogens (primary N) is 1. The molecule has 94 valence electrons. The van der Waals surface area contributed by atoms with Crippen LogP contribution in [0, 0.1) is 0 Å². The largest absolute Gasteiger partial charge is 0.398 e. The lowest BCUT2D eigenvalue weighted by Crippen LogP contribution is -2.16. The maximum atomic E-state index is 11.0. The van der Waals surface area contributed by atoms with Gasteiger partial charge >= 0.3 is 0 Å². The van der Waals surface area contributed by atoms with E-state index < -0.39 is 0 Å². The Balaban J connectivity index is 2.09. The van der Waals surface area contributed by atoms with Crippen molar-refractivity contribution in [1.82, 2.24) is 5.32 Å². The first kappa shape index (κ1) is 13.9. The van der Waals surface area contributed by atoms with Crippen LogP contribution in [0.2, 0.25) is 0 Å². The highest BCUT2D eigenvalue weighted by Crippen LogP contribution is 2.25. The van der Waals surface area contributed by atoms with E-state index in [-0.39, 0.29) is 5.91 Å². The van der Waals surface area contributed by atoms with E-state index in [4.69, 9.17) is 5.73 Å². The molecule has 0 aliphatic heterocycles. The predicted molar refractivity (Wildman–Crippen MR) is 74.1 cm³/mol. The number of nitrogens with one attached hydrogen (secondary N) is 1. The molecular formula is C13H20N2OS. The molecule has 0 aliphatic rings. The minimum atomic E-state index is 0.130. The molecule has 1 aromatic carbocycles. The Morgan fingerprint density at radius 2 is 2.06 bits per heavy atom. The summed E-state index contributed by atoms with van der Waals surface area (Å²) in [5.41, 5.74) is 6.70. The fourth-order valence-electron chi connectivity index (χ4n) is 1.48. The van der Waals surface area contributed by atoms with Gasteiger partial charge < -0.3 is 11.1 Å². The SMILES string of the molecule is CNC(=O)CCCCCSc1ccccc1N. The van der Waals surface area contributed by atoms with E-state index in [1.54, 1.807) is 18.8 Å². The van der Waals surface area contributed by atoms with Gasteiger partial charge in [-0.3, -0.25) is 4.79 Å². The number of rotatable bonds is 7. The average molecular weight is 252 g/mol. The van der Waals surface area contributed by atoms with Crippen molar-refractivity contribution < 1.29 is 4.79 Å². The third-order valence-electron chi connectivity index (χ3n) is 2.50.